The zero-order chi connectivity index (χ0) is 17.2. The molecule has 0 aliphatic carbocycles. The molecule has 0 radical (unpaired) electrons. The number of aryl methyl sites for hydroxylation is 1. The van der Waals surface area contributed by atoms with E-state index in [1.165, 1.54) is 7.11 Å². The molecule has 1 N–H and O–H groups in total. The van der Waals surface area contributed by atoms with Crippen molar-refractivity contribution in [3.8, 4) is 11.9 Å². The van der Waals surface area contributed by atoms with E-state index in [4.69, 9.17) is 4.74 Å². The average molecular weight is 324 g/mol. The molecule has 2 aromatic heterocycles. The second-order valence-corrected chi connectivity index (χ2v) is 6.07. The molecule has 3 heterocycles. The van der Waals surface area contributed by atoms with Gasteiger partial charge in [-0.2, -0.15) is 5.26 Å². The molecule has 1 fully saturated rings. The fraction of sp³-hybridized carbons (Fsp3) is 0.389. The van der Waals surface area contributed by atoms with Gasteiger partial charge in [0.1, 0.15) is 17.2 Å². The van der Waals surface area contributed by atoms with Gasteiger partial charge < -0.3 is 14.7 Å². The van der Waals surface area contributed by atoms with Crippen LogP contribution >= 0.6 is 0 Å². The van der Waals surface area contributed by atoms with Crippen molar-refractivity contribution >= 4 is 5.69 Å². The highest BCUT2D eigenvalue weighted by Crippen LogP contribution is 2.35. The van der Waals surface area contributed by atoms with Gasteiger partial charge >= 0.3 is 0 Å². The molecule has 0 spiro atoms. The minimum atomic E-state index is -0.922. The number of hydrogen-bond donors (Lipinski definition) is 1. The van der Waals surface area contributed by atoms with Crippen LogP contribution in [0.3, 0.4) is 0 Å². The predicted molar refractivity (Wildman–Crippen MR) is 89.8 cm³/mol. The third-order valence-corrected chi connectivity index (χ3v) is 4.52. The number of piperidine rings is 1. The maximum atomic E-state index is 10.9. The minimum Gasteiger partial charge on any atom is -0.480 e. The third-order valence-electron chi connectivity index (χ3n) is 4.52. The van der Waals surface area contributed by atoms with E-state index in [2.05, 4.69) is 20.9 Å². The number of methoxy groups -OCH3 is 1. The van der Waals surface area contributed by atoms with Crippen LogP contribution < -0.4 is 9.64 Å². The second kappa shape index (κ2) is 6.46. The molecule has 124 valence electrons. The maximum Gasteiger partial charge on any atom is 0.233 e. The van der Waals surface area contributed by atoms with E-state index in [-0.39, 0.29) is 0 Å². The molecule has 0 aromatic carbocycles. The lowest BCUT2D eigenvalue weighted by atomic mass is 9.87. The summed E-state index contributed by atoms with van der Waals surface area (Å²) in [5.74, 6) is 0.330. The number of anilines is 1. The Kier molecular flexibility index (Phi) is 4.36. The zero-order valence-electron chi connectivity index (χ0n) is 13.9. The van der Waals surface area contributed by atoms with E-state index < -0.39 is 5.60 Å². The topological polar surface area (TPSA) is 82.3 Å². The third kappa shape index (κ3) is 2.91. The van der Waals surface area contributed by atoms with Gasteiger partial charge in [-0.25, -0.2) is 4.98 Å². The molecule has 1 aliphatic rings. The van der Waals surface area contributed by atoms with Crippen LogP contribution in [0.4, 0.5) is 5.69 Å². The van der Waals surface area contributed by atoms with E-state index in [1.54, 1.807) is 12.4 Å². The standard InChI is InChI=1S/C18H20N4O2/c1-13-3-4-16(21-12-13)18(23)6-9-22(10-7-18)15-5-8-20-17(24-2)14(15)11-19/h3-5,8,12,23H,6-7,9-10H2,1-2H3. The number of hydrogen-bond acceptors (Lipinski definition) is 6. The molecule has 1 aliphatic heterocycles. The van der Waals surface area contributed by atoms with Crippen molar-refractivity contribution in [1.29, 1.82) is 5.26 Å². The van der Waals surface area contributed by atoms with E-state index >= 15 is 0 Å². The summed E-state index contributed by atoms with van der Waals surface area (Å²) in [7, 11) is 1.50. The smallest absolute Gasteiger partial charge is 0.233 e. The fourth-order valence-electron chi connectivity index (χ4n) is 3.07. The number of ether oxygens (including phenoxy) is 1. The summed E-state index contributed by atoms with van der Waals surface area (Å²) in [5.41, 5.74) is 2.08. The zero-order valence-corrected chi connectivity index (χ0v) is 13.9. The lowest BCUT2D eigenvalue weighted by Crippen LogP contribution is -2.43. The van der Waals surface area contributed by atoms with Crippen molar-refractivity contribution in [3.05, 3.63) is 47.4 Å². The van der Waals surface area contributed by atoms with Crippen molar-refractivity contribution in [1.82, 2.24) is 9.97 Å². The molecule has 6 nitrogen and oxygen atoms in total. The van der Waals surface area contributed by atoms with E-state index in [9.17, 15) is 10.4 Å². The van der Waals surface area contributed by atoms with E-state index in [0.717, 1.165) is 11.3 Å². The average Bonchev–Trinajstić information content (AvgIpc) is 2.62. The molecule has 3 rings (SSSR count). The summed E-state index contributed by atoms with van der Waals surface area (Å²) < 4.78 is 5.17. The van der Waals surface area contributed by atoms with Crippen molar-refractivity contribution in [3.63, 3.8) is 0 Å². The summed E-state index contributed by atoms with van der Waals surface area (Å²) >= 11 is 0. The monoisotopic (exact) mass is 324 g/mol. The van der Waals surface area contributed by atoms with Crippen molar-refractivity contribution in [2.75, 3.05) is 25.1 Å². The Morgan fingerprint density at radius 2 is 2.00 bits per heavy atom. The molecule has 0 unspecified atom stereocenters. The molecule has 24 heavy (non-hydrogen) atoms. The first-order chi connectivity index (χ1) is 11.6. The van der Waals surface area contributed by atoms with Gasteiger partial charge in [-0.3, -0.25) is 4.98 Å². The van der Waals surface area contributed by atoms with Crippen molar-refractivity contribution < 1.29 is 9.84 Å². The van der Waals surface area contributed by atoms with Gasteiger partial charge in [-0.15, -0.1) is 0 Å². The highest BCUT2D eigenvalue weighted by molar-refractivity contribution is 5.63. The highest BCUT2D eigenvalue weighted by atomic mass is 16.5. The molecule has 2 aromatic rings. The normalized spacial score (nSPS) is 16.5. The van der Waals surface area contributed by atoms with E-state index in [1.807, 2.05) is 25.1 Å². The highest BCUT2D eigenvalue weighted by Gasteiger charge is 2.36. The molecular weight excluding hydrogens is 304 g/mol. The summed E-state index contributed by atoms with van der Waals surface area (Å²) in [5, 5.41) is 20.3. The van der Waals surface area contributed by atoms with Gasteiger partial charge in [0.2, 0.25) is 5.88 Å². The number of aliphatic hydroxyl groups is 1. The number of aromatic nitrogens is 2. The van der Waals surface area contributed by atoms with Crippen LogP contribution in [0.25, 0.3) is 0 Å². The van der Waals surface area contributed by atoms with Crippen LogP contribution in [0.2, 0.25) is 0 Å². The summed E-state index contributed by atoms with van der Waals surface area (Å²) in [6, 6.07) is 7.84. The minimum absolute atomic E-state index is 0.330. The van der Waals surface area contributed by atoms with Crippen LogP contribution in [0.1, 0.15) is 29.7 Å². The van der Waals surface area contributed by atoms with Crippen LogP contribution in [-0.4, -0.2) is 35.3 Å². The van der Waals surface area contributed by atoms with Crippen LogP contribution in [0, 0.1) is 18.3 Å². The molecule has 0 saturated carbocycles. The van der Waals surface area contributed by atoms with Gasteiger partial charge in [0, 0.05) is 25.5 Å². The number of nitrogens with zero attached hydrogens (tertiary/aromatic N) is 4. The van der Waals surface area contributed by atoms with Gasteiger partial charge in [-0.1, -0.05) is 6.07 Å². The Labute approximate surface area is 141 Å². The second-order valence-electron chi connectivity index (χ2n) is 6.07. The van der Waals surface area contributed by atoms with Crippen LogP contribution in [0.15, 0.2) is 30.6 Å². The largest absolute Gasteiger partial charge is 0.480 e. The van der Waals surface area contributed by atoms with Gasteiger partial charge in [0.25, 0.3) is 0 Å². The van der Waals surface area contributed by atoms with Crippen molar-refractivity contribution in [2.24, 2.45) is 0 Å². The lowest BCUT2D eigenvalue weighted by Gasteiger charge is -2.39. The molecule has 0 amide bonds. The SMILES string of the molecule is COc1nccc(N2CCC(O)(c3ccc(C)cn3)CC2)c1C#N. The van der Waals surface area contributed by atoms with Gasteiger partial charge in [0.05, 0.1) is 18.5 Å². The Morgan fingerprint density at radius 3 is 2.58 bits per heavy atom. The lowest BCUT2D eigenvalue weighted by molar-refractivity contribution is 0.00759. The summed E-state index contributed by atoms with van der Waals surface area (Å²) in [4.78, 5) is 10.5. The number of pyridine rings is 2. The quantitative estimate of drug-likeness (QED) is 0.931. The molecule has 6 heteroatoms. The Hall–Kier alpha value is -2.65. The Bertz CT molecular complexity index is 760. The Balaban J connectivity index is 1.81. The first-order valence-corrected chi connectivity index (χ1v) is 7.91. The van der Waals surface area contributed by atoms with Crippen LogP contribution in [-0.2, 0) is 5.60 Å². The number of rotatable bonds is 3. The number of nitriles is 1. The fourth-order valence-corrected chi connectivity index (χ4v) is 3.07. The van der Waals surface area contributed by atoms with Gasteiger partial charge in [-0.05, 0) is 37.5 Å². The first-order valence-electron chi connectivity index (χ1n) is 7.91. The van der Waals surface area contributed by atoms with Crippen LogP contribution in [0.5, 0.6) is 5.88 Å². The molecule has 1 saturated heterocycles. The van der Waals surface area contributed by atoms with Crippen molar-refractivity contribution in [2.45, 2.75) is 25.4 Å². The predicted octanol–water partition coefficient (Wildman–Crippen LogP) is 2.15. The maximum absolute atomic E-state index is 10.9. The van der Waals surface area contributed by atoms with E-state index in [0.29, 0.717) is 43.1 Å². The first kappa shape index (κ1) is 16.2. The summed E-state index contributed by atoms with van der Waals surface area (Å²) in [6.45, 7) is 3.24. The summed E-state index contributed by atoms with van der Waals surface area (Å²) in [6.07, 6.45) is 4.52. The molecular formula is C18H20N4O2. The Morgan fingerprint density at radius 1 is 1.25 bits per heavy atom. The molecule has 0 bridgehead atoms. The molecule has 0 atom stereocenters. The van der Waals surface area contributed by atoms with Gasteiger partial charge in [0.15, 0.2) is 0 Å².